The molecule has 1 unspecified atom stereocenters. The van der Waals surface area contributed by atoms with Crippen molar-refractivity contribution in [3.8, 4) is 0 Å². The molecule has 0 aromatic carbocycles. The molecular weight excluding hydrogens is 394 g/mol. The molecule has 8 heteroatoms. The topological polar surface area (TPSA) is 69.6 Å². The Hall–Kier alpha value is -1.38. The number of likely N-dealkylation sites (N-methyl/N-ethyl adjacent to an activating group) is 2. The predicted octanol–water partition coefficient (Wildman–Crippen LogP) is 1.66. The van der Waals surface area contributed by atoms with Crippen LogP contribution in [-0.2, 0) is 14.3 Å². The van der Waals surface area contributed by atoms with E-state index in [2.05, 4.69) is 27.2 Å². The fraction of sp³-hybridized carbons (Fsp3) is 0.913. The molecular formula is C23H45N5O3. The molecule has 1 N–H and O–H groups in total. The number of carbonyl (C=O) groups is 1. The third-order valence-electron chi connectivity index (χ3n) is 6.37. The van der Waals surface area contributed by atoms with Gasteiger partial charge in [-0.2, -0.15) is 0 Å². The monoisotopic (exact) mass is 439 g/mol. The van der Waals surface area contributed by atoms with Crippen LogP contribution in [0.2, 0.25) is 0 Å². The highest BCUT2D eigenvalue weighted by Gasteiger charge is 2.23. The molecule has 31 heavy (non-hydrogen) atoms. The Labute approximate surface area is 189 Å². The molecule has 2 aliphatic rings. The van der Waals surface area contributed by atoms with E-state index in [1.165, 1.54) is 32.1 Å². The Kier molecular flexibility index (Phi) is 12.2. The maximum Gasteiger partial charge on any atom is 0.243 e. The minimum absolute atomic E-state index is 0.0284. The summed E-state index contributed by atoms with van der Waals surface area (Å²) in [5.74, 6) is 1.67. The van der Waals surface area contributed by atoms with Crippen molar-refractivity contribution in [3.63, 3.8) is 0 Å². The molecule has 0 aromatic heterocycles. The van der Waals surface area contributed by atoms with Gasteiger partial charge < -0.3 is 29.5 Å². The summed E-state index contributed by atoms with van der Waals surface area (Å²) in [5, 5.41) is 3.51. The van der Waals surface area contributed by atoms with Gasteiger partial charge in [0.25, 0.3) is 0 Å². The normalized spacial score (nSPS) is 20.9. The van der Waals surface area contributed by atoms with Crippen LogP contribution in [0.3, 0.4) is 0 Å². The van der Waals surface area contributed by atoms with Gasteiger partial charge >= 0.3 is 0 Å². The van der Waals surface area contributed by atoms with Gasteiger partial charge in [-0.05, 0) is 64.5 Å². The summed E-state index contributed by atoms with van der Waals surface area (Å²) < 4.78 is 11.0. The molecule has 0 radical (unpaired) electrons. The lowest BCUT2D eigenvalue weighted by Crippen LogP contribution is -2.48. The molecule has 2 saturated heterocycles. The van der Waals surface area contributed by atoms with Crippen LogP contribution in [0, 0.1) is 5.92 Å². The van der Waals surface area contributed by atoms with Gasteiger partial charge in [-0.25, -0.2) is 4.99 Å². The molecule has 0 aliphatic carbocycles. The van der Waals surface area contributed by atoms with Crippen LogP contribution >= 0.6 is 0 Å². The smallest absolute Gasteiger partial charge is 0.243 e. The van der Waals surface area contributed by atoms with Crippen LogP contribution < -0.4 is 5.32 Å². The number of likely N-dealkylation sites (tertiary alicyclic amines) is 1. The number of guanidine groups is 1. The van der Waals surface area contributed by atoms with Crippen molar-refractivity contribution in [2.24, 2.45) is 10.9 Å². The van der Waals surface area contributed by atoms with E-state index >= 15 is 0 Å². The largest absolute Gasteiger partial charge is 0.383 e. The molecule has 1 atom stereocenters. The number of nitrogens with one attached hydrogen (secondary N) is 1. The first kappa shape index (κ1) is 25.9. The average molecular weight is 440 g/mol. The van der Waals surface area contributed by atoms with E-state index in [-0.39, 0.29) is 18.6 Å². The highest BCUT2D eigenvalue weighted by atomic mass is 16.5. The highest BCUT2D eigenvalue weighted by Crippen LogP contribution is 2.22. The molecule has 0 spiro atoms. The second kappa shape index (κ2) is 14.6. The number of piperidine rings is 1. The van der Waals surface area contributed by atoms with Crippen LogP contribution in [0.15, 0.2) is 4.99 Å². The van der Waals surface area contributed by atoms with Gasteiger partial charge in [0, 0.05) is 54.0 Å². The molecule has 2 fully saturated rings. The number of aliphatic imine (C=N–C) groups is 1. The number of nitrogens with zero attached hydrogens (tertiary/aromatic N) is 4. The third-order valence-corrected chi connectivity index (χ3v) is 6.37. The molecule has 2 heterocycles. The summed E-state index contributed by atoms with van der Waals surface area (Å²) >= 11 is 0. The number of carbonyl (C=O) groups excluding carboxylic acids is 1. The number of methoxy groups -OCH3 is 1. The number of hydrogen-bond acceptors (Lipinski definition) is 5. The molecule has 0 aromatic rings. The molecule has 2 aliphatic heterocycles. The maximum absolute atomic E-state index is 12.1. The molecule has 8 nitrogen and oxygen atoms in total. The number of rotatable bonds is 11. The Morgan fingerprint density at radius 2 is 1.94 bits per heavy atom. The van der Waals surface area contributed by atoms with Crippen LogP contribution in [0.1, 0.15) is 44.9 Å². The summed E-state index contributed by atoms with van der Waals surface area (Å²) in [6.07, 6.45) is 8.61. The SMILES string of the molecule is COCCN(C)CCCC1CCN(C(=NCC(=O)N(C)C)NCC2CCCCO2)CC1. The lowest BCUT2D eigenvalue weighted by molar-refractivity contribution is -0.127. The number of ether oxygens (including phenoxy) is 2. The third kappa shape index (κ3) is 10.2. The van der Waals surface area contributed by atoms with Gasteiger partial charge in [0.05, 0.1) is 12.7 Å². The van der Waals surface area contributed by atoms with Crippen molar-refractivity contribution in [1.29, 1.82) is 0 Å². The lowest BCUT2D eigenvalue weighted by atomic mass is 9.92. The predicted molar refractivity (Wildman–Crippen MR) is 125 cm³/mol. The summed E-state index contributed by atoms with van der Waals surface area (Å²) in [5.41, 5.74) is 0. The van der Waals surface area contributed by atoms with Crippen molar-refractivity contribution < 1.29 is 14.3 Å². The quantitative estimate of drug-likeness (QED) is 0.390. The van der Waals surface area contributed by atoms with Crippen molar-refractivity contribution >= 4 is 11.9 Å². The summed E-state index contributed by atoms with van der Waals surface area (Å²) in [6.45, 7) is 6.73. The van der Waals surface area contributed by atoms with Crippen molar-refractivity contribution in [3.05, 3.63) is 0 Å². The van der Waals surface area contributed by atoms with Crippen molar-refractivity contribution in [1.82, 2.24) is 20.0 Å². The molecule has 1 amide bonds. The van der Waals surface area contributed by atoms with E-state index in [9.17, 15) is 4.79 Å². The highest BCUT2D eigenvalue weighted by molar-refractivity contribution is 5.84. The zero-order chi connectivity index (χ0) is 22.5. The Bertz CT molecular complexity index is 529. The van der Waals surface area contributed by atoms with Gasteiger partial charge in [0.15, 0.2) is 5.96 Å². The van der Waals surface area contributed by atoms with Crippen molar-refractivity contribution in [2.75, 3.05) is 80.7 Å². The van der Waals surface area contributed by atoms with Gasteiger partial charge in [-0.15, -0.1) is 0 Å². The van der Waals surface area contributed by atoms with E-state index in [0.29, 0.717) is 0 Å². The molecule has 0 saturated carbocycles. The van der Waals surface area contributed by atoms with Gasteiger partial charge in [-0.1, -0.05) is 0 Å². The zero-order valence-corrected chi connectivity index (χ0v) is 20.3. The van der Waals surface area contributed by atoms with Gasteiger partial charge in [0.1, 0.15) is 6.54 Å². The molecule has 2 rings (SSSR count). The van der Waals surface area contributed by atoms with Gasteiger partial charge in [-0.3, -0.25) is 4.79 Å². The fourth-order valence-electron chi connectivity index (χ4n) is 4.17. The van der Waals surface area contributed by atoms with Crippen molar-refractivity contribution in [2.45, 2.75) is 51.0 Å². The number of hydrogen-bond donors (Lipinski definition) is 1. The first-order valence-electron chi connectivity index (χ1n) is 12.0. The van der Waals surface area contributed by atoms with E-state index in [4.69, 9.17) is 9.47 Å². The summed E-state index contributed by atoms with van der Waals surface area (Å²) in [4.78, 5) is 23.0. The minimum atomic E-state index is 0.0284. The second-order valence-electron chi connectivity index (χ2n) is 9.17. The minimum Gasteiger partial charge on any atom is -0.383 e. The Balaban J connectivity index is 1.79. The summed E-state index contributed by atoms with van der Waals surface area (Å²) in [7, 11) is 7.48. The van der Waals surface area contributed by atoms with Crippen LogP contribution in [0.5, 0.6) is 0 Å². The standard InChI is InChI=1S/C23H45N5O3/c1-26(2)22(29)19-25-23(24-18-21-9-5-6-16-31-21)28-13-10-20(11-14-28)8-7-12-27(3)15-17-30-4/h20-21H,5-19H2,1-4H3,(H,24,25). The maximum atomic E-state index is 12.1. The zero-order valence-electron chi connectivity index (χ0n) is 20.3. The first-order chi connectivity index (χ1) is 15.0. The average Bonchev–Trinajstić information content (AvgIpc) is 2.78. The van der Waals surface area contributed by atoms with E-state index < -0.39 is 0 Å². The van der Waals surface area contributed by atoms with E-state index in [0.717, 1.165) is 70.7 Å². The fourth-order valence-corrected chi connectivity index (χ4v) is 4.17. The molecule has 180 valence electrons. The van der Waals surface area contributed by atoms with Crippen LogP contribution in [0.25, 0.3) is 0 Å². The lowest BCUT2D eigenvalue weighted by Gasteiger charge is -2.35. The van der Waals surface area contributed by atoms with Crippen LogP contribution in [0.4, 0.5) is 0 Å². The van der Waals surface area contributed by atoms with Gasteiger partial charge in [0.2, 0.25) is 5.91 Å². The molecule has 0 bridgehead atoms. The van der Waals surface area contributed by atoms with E-state index in [1.807, 2.05) is 0 Å². The first-order valence-corrected chi connectivity index (χ1v) is 12.0. The van der Waals surface area contributed by atoms with E-state index in [1.54, 1.807) is 26.1 Å². The summed E-state index contributed by atoms with van der Waals surface area (Å²) in [6, 6.07) is 0. The second-order valence-corrected chi connectivity index (χ2v) is 9.17. The Morgan fingerprint density at radius 1 is 1.16 bits per heavy atom. The number of amides is 1. The van der Waals surface area contributed by atoms with Crippen LogP contribution in [-0.4, -0.2) is 113 Å². The Morgan fingerprint density at radius 3 is 2.58 bits per heavy atom.